The first-order chi connectivity index (χ1) is 11.1. The Bertz CT molecular complexity index is 676. The summed E-state index contributed by atoms with van der Waals surface area (Å²) in [6.45, 7) is 5.07. The molecule has 1 aliphatic rings. The maximum absolute atomic E-state index is 13.8. The molecule has 0 bridgehead atoms. The van der Waals surface area contributed by atoms with E-state index in [-0.39, 0.29) is 17.6 Å². The molecule has 1 aromatic carbocycles. The average Bonchev–Trinajstić information content (AvgIpc) is 2.96. The first-order valence-corrected chi connectivity index (χ1v) is 7.62. The van der Waals surface area contributed by atoms with Crippen LogP contribution >= 0.6 is 0 Å². The topological polar surface area (TPSA) is 54.6 Å². The molecule has 1 aliphatic heterocycles. The van der Waals surface area contributed by atoms with E-state index in [1.165, 1.54) is 13.2 Å². The smallest absolute Gasteiger partial charge is 0.245 e. The van der Waals surface area contributed by atoms with Crippen LogP contribution < -0.4 is 4.74 Å². The second-order valence-electron chi connectivity index (χ2n) is 5.88. The normalized spacial score (nSPS) is 19.9. The highest BCUT2D eigenvalue weighted by Crippen LogP contribution is 2.25. The highest BCUT2D eigenvalue weighted by atomic mass is 19.1. The molecule has 2 aromatic rings. The standard InChI is InChI=1S/C16H21FN4O2/c1-11-18-16(23-19-11)14-10-21(7-6-20(14)2)9-12-4-5-15(22-3)13(17)8-12/h4-5,8,14H,6-7,9-10H2,1-3H3/t14-/m1/s1. The van der Waals surface area contributed by atoms with Crippen LogP contribution in [-0.2, 0) is 6.54 Å². The molecule has 124 valence electrons. The lowest BCUT2D eigenvalue weighted by Crippen LogP contribution is -2.46. The molecule has 1 saturated heterocycles. The molecule has 1 fully saturated rings. The van der Waals surface area contributed by atoms with Crippen molar-refractivity contribution in [3.05, 3.63) is 41.3 Å². The number of nitrogens with zero attached hydrogens (tertiary/aromatic N) is 4. The predicted octanol–water partition coefficient (Wildman–Crippen LogP) is 2.01. The Labute approximate surface area is 134 Å². The van der Waals surface area contributed by atoms with E-state index in [9.17, 15) is 4.39 Å². The summed E-state index contributed by atoms with van der Waals surface area (Å²) in [7, 11) is 3.52. The van der Waals surface area contributed by atoms with Gasteiger partial charge in [-0.2, -0.15) is 4.98 Å². The fraction of sp³-hybridized carbons (Fsp3) is 0.500. The number of piperazine rings is 1. The number of methoxy groups -OCH3 is 1. The second kappa shape index (κ2) is 6.64. The number of hydrogen-bond donors (Lipinski definition) is 0. The summed E-state index contributed by atoms with van der Waals surface area (Å²) in [5.74, 6) is 1.22. The van der Waals surface area contributed by atoms with E-state index in [1.54, 1.807) is 6.07 Å². The van der Waals surface area contributed by atoms with Gasteiger partial charge in [-0.1, -0.05) is 11.2 Å². The summed E-state index contributed by atoms with van der Waals surface area (Å²) < 4.78 is 24.1. The molecular formula is C16H21FN4O2. The van der Waals surface area contributed by atoms with Crippen molar-refractivity contribution >= 4 is 0 Å². The molecule has 1 atom stereocenters. The van der Waals surface area contributed by atoms with Crippen molar-refractivity contribution in [2.75, 3.05) is 33.8 Å². The Morgan fingerprint density at radius 3 is 2.87 bits per heavy atom. The predicted molar refractivity (Wildman–Crippen MR) is 82.6 cm³/mol. The largest absolute Gasteiger partial charge is 0.494 e. The highest BCUT2D eigenvalue weighted by Gasteiger charge is 2.29. The summed E-state index contributed by atoms with van der Waals surface area (Å²) in [4.78, 5) is 8.82. The first-order valence-electron chi connectivity index (χ1n) is 7.62. The van der Waals surface area contributed by atoms with Crippen molar-refractivity contribution < 1.29 is 13.7 Å². The van der Waals surface area contributed by atoms with Gasteiger partial charge in [0, 0.05) is 26.2 Å². The molecule has 0 spiro atoms. The SMILES string of the molecule is COc1ccc(CN2CCN(C)[C@@H](c3nc(C)no3)C2)cc1F. The van der Waals surface area contributed by atoms with Gasteiger partial charge in [0.2, 0.25) is 5.89 Å². The van der Waals surface area contributed by atoms with Crippen molar-refractivity contribution in [1.82, 2.24) is 19.9 Å². The Morgan fingerprint density at radius 1 is 1.39 bits per heavy atom. The lowest BCUT2D eigenvalue weighted by molar-refractivity contribution is 0.0714. The third-order valence-electron chi connectivity index (χ3n) is 4.18. The van der Waals surface area contributed by atoms with Crippen molar-refractivity contribution in [1.29, 1.82) is 0 Å². The molecule has 3 rings (SSSR count). The lowest BCUT2D eigenvalue weighted by Gasteiger charge is -2.37. The van der Waals surface area contributed by atoms with Gasteiger partial charge in [0.15, 0.2) is 17.4 Å². The molecule has 1 aromatic heterocycles. The number of likely N-dealkylation sites (N-methyl/N-ethyl adjacent to an activating group) is 1. The molecule has 0 N–H and O–H groups in total. The molecule has 2 heterocycles. The number of hydrogen-bond acceptors (Lipinski definition) is 6. The Morgan fingerprint density at radius 2 is 2.22 bits per heavy atom. The van der Waals surface area contributed by atoms with Gasteiger partial charge in [0.25, 0.3) is 0 Å². The lowest BCUT2D eigenvalue weighted by atomic mass is 10.1. The average molecular weight is 320 g/mol. The number of ether oxygens (including phenoxy) is 1. The summed E-state index contributed by atoms with van der Waals surface area (Å²) in [6.07, 6.45) is 0. The van der Waals surface area contributed by atoms with Crippen LogP contribution in [0.25, 0.3) is 0 Å². The van der Waals surface area contributed by atoms with Crippen molar-refractivity contribution in [2.24, 2.45) is 0 Å². The fourth-order valence-electron chi connectivity index (χ4n) is 2.86. The summed E-state index contributed by atoms with van der Waals surface area (Å²) in [5, 5.41) is 3.87. The molecule has 7 heteroatoms. The number of halogens is 1. The van der Waals surface area contributed by atoms with Crippen LogP contribution in [-0.4, -0.2) is 53.7 Å². The third kappa shape index (κ3) is 3.51. The van der Waals surface area contributed by atoms with Gasteiger partial charge >= 0.3 is 0 Å². The van der Waals surface area contributed by atoms with E-state index in [4.69, 9.17) is 9.26 Å². The fourth-order valence-corrected chi connectivity index (χ4v) is 2.86. The molecule has 0 unspecified atom stereocenters. The highest BCUT2D eigenvalue weighted by molar-refractivity contribution is 5.29. The molecule has 6 nitrogen and oxygen atoms in total. The number of aryl methyl sites for hydroxylation is 1. The molecular weight excluding hydrogens is 299 g/mol. The zero-order valence-corrected chi connectivity index (χ0v) is 13.6. The number of aromatic nitrogens is 2. The van der Waals surface area contributed by atoms with Crippen LogP contribution in [0.15, 0.2) is 22.7 Å². The number of rotatable bonds is 4. The maximum Gasteiger partial charge on any atom is 0.245 e. The van der Waals surface area contributed by atoms with E-state index in [0.717, 1.165) is 25.2 Å². The van der Waals surface area contributed by atoms with Crippen LogP contribution in [0.3, 0.4) is 0 Å². The summed E-state index contributed by atoms with van der Waals surface area (Å²) >= 11 is 0. The van der Waals surface area contributed by atoms with E-state index in [2.05, 4.69) is 27.0 Å². The van der Waals surface area contributed by atoms with E-state index in [0.29, 0.717) is 18.3 Å². The quantitative estimate of drug-likeness (QED) is 0.859. The van der Waals surface area contributed by atoms with Gasteiger partial charge in [-0.3, -0.25) is 9.80 Å². The Hall–Kier alpha value is -1.99. The zero-order valence-electron chi connectivity index (χ0n) is 13.6. The number of benzene rings is 1. The van der Waals surface area contributed by atoms with Gasteiger partial charge in [-0.15, -0.1) is 0 Å². The van der Waals surface area contributed by atoms with E-state index < -0.39 is 0 Å². The van der Waals surface area contributed by atoms with Crippen LogP contribution in [0.5, 0.6) is 5.75 Å². The second-order valence-corrected chi connectivity index (χ2v) is 5.88. The van der Waals surface area contributed by atoms with Gasteiger partial charge in [-0.25, -0.2) is 4.39 Å². The Kier molecular flexibility index (Phi) is 4.58. The summed E-state index contributed by atoms with van der Waals surface area (Å²) in [6, 6.07) is 5.15. The first kappa shape index (κ1) is 15.9. The molecule has 0 amide bonds. The molecule has 0 radical (unpaired) electrons. The van der Waals surface area contributed by atoms with Crippen LogP contribution in [0.2, 0.25) is 0 Å². The Balaban J connectivity index is 1.70. The zero-order chi connectivity index (χ0) is 16.4. The van der Waals surface area contributed by atoms with Crippen molar-refractivity contribution in [2.45, 2.75) is 19.5 Å². The molecule has 0 saturated carbocycles. The van der Waals surface area contributed by atoms with Gasteiger partial charge in [-0.05, 0) is 31.7 Å². The minimum absolute atomic E-state index is 0.0630. The monoisotopic (exact) mass is 320 g/mol. The van der Waals surface area contributed by atoms with E-state index >= 15 is 0 Å². The molecule has 23 heavy (non-hydrogen) atoms. The van der Waals surface area contributed by atoms with Crippen LogP contribution in [0.1, 0.15) is 23.3 Å². The van der Waals surface area contributed by atoms with Gasteiger partial charge in [0.05, 0.1) is 7.11 Å². The van der Waals surface area contributed by atoms with Crippen molar-refractivity contribution in [3.8, 4) is 5.75 Å². The molecule has 0 aliphatic carbocycles. The van der Waals surface area contributed by atoms with E-state index in [1.807, 2.05) is 13.0 Å². The van der Waals surface area contributed by atoms with Crippen LogP contribution in [0, 0.1) is 12.7 Å². The van der Waals surface area contributed by atoms with Gasteiger partial charge < -0.3 is 9.26 Å². The van der Waals surface area contributed by atoms with Gasteiger partial charge in [0.1, 0.15) is 6.04 Å². The van der Waals surface area contributed by atoms with Crippen molar-refractivity contribution in [3.63, 3.8) is 0 Å². The third-order valence-corrected chi connectivity index (χ3v) is 4.18. The maximum atomic E-state index is 13.8. The van der Waals surface area contributed by atoms with Crippen LogP contribution in [0.4, 0.5) is 4.39 Å². The summed E-state index contributed by atoms with van der Waals surface area (Å²) in [5.41, 5.74) is 0.924. The minimum Gasteiger partial charge on any atom is -0.494 e. The minimum atomic E-state index is -0.330.